The van der Waals surface area contributed by atoms with Crippen LogP contribution in [0.25, 0.3) is 0 Å². The third-order valence-electron chi connectivity index (χ3n) is 3.39. The maximum Gasteiger partial charge on any atom is 0.121 e. The molecule has 0 heterocycles. The van der Waals surface area contributed by atoms with Gasteiger partial charge in [0.25, 0.3) is 0 Å². The highest BCUT2D eigenvalue weighted by Gasteiger charge is 2.11. The Bertz CT molecular complexity index is 546. The Morgan fingerprint density at radius 2 is 1.68 bits per heavy atom. The summed E-state index contributed by atoms with van der Waals surface area (Å²) < 4.78 is 5.30. The fraction of sp³-hybridized carbons (Fsp3) is 0.294. The molecule has 0 saturated heterocycles. The molecular formula is C17H19BrO. The highest BCUT2D eigenvalue weighted by atomic mass is 79.9. The Morgan fingerprint density at radius 1 is 1.05 bits per heavy atom. The Labute approximate surface area is 123 Å². The zero-order valence-electron chi connectivity index (χ0n) is 11.6. The minimum atomic E-state index is 0.225. The van der Waals surface area contributed by atoms with Crippen molar-refractivity contribution in [3.05, 3.63) is 64.7 Å². The van der Waals surface area contributed by atoms with Crippen LogP contribution in [0.1, 0.15) is 34.0 Å². The van der Waals surface area contributed by atoms with Crippen molar-refractivity contribution in [2.24, 2.45) is 0 Å². The average Bonchev–Trinajstić information content (AvgIpc) is 2.46. The zero-order chi connectivity index (χ0) is 13.8. The van der Waals surface area contributed by atoms with E-state index in [2.05, 4.69) is 66.2 Å². The molecule has 0 saturated carbocycles. The van der Waals surface area contributed by atoms with Gasteiger partial charge in [-0.2, -0.15) is 0 Å². The van der Waals surface area contributed by atoms with Crippen molar-refractivity contribution < 1.29 is 4.74 Å². The summed E-state index contributed by atoms with van der Waals surface area (Å²) in [6, 6.07) is 15.1. The summed E-state index contributed by atoms with van der Waals surface area (Å²) in [5, 5.41) is 0. The highest BCUT2D eigenvalue weighted by Crippen LogP contribution is 2.33. The monoisotopic (exact) mass is 318 g/mol. The minimum Gasteiger partial charge on any atom is -0.496 e. The lowest BCUT2D eigenvalue weighted by Gasteiger charge is -2.13. The molecule has 100 valence electrons. The fourth-order valence-corrected chi connectivity index (χ4v) is 2.76. The fourth-order valence-electron chi connectivity index (χ4n) is 2.17. The largest absolute Gasteiger partial charge is 0.496 e. The van der Waals surface area contributed by atoms with E-state index in [4.69, 9.17) is 4.74 Å². The summed E-state index contributed by atoms with van der Waals surface area (Å²) >= 11 is 3.78. The molecular weight excluding hydrogens is 300 g/mol. The number of hydrogen-bond donors (Lipinski definition) is 0. The quantitative estimate of drug-likeness (QED) is 0.717. The van der Waals surface area contributed by atoms with Crippen LogP contribution in [-0.2, 0) is 6.42 Å². The first-order valence-electron chi connectivity index (χ1n) is 6.53. The van der Waals surface area contributed by atoms with E-state index in [-0.39, 0.29) is 4.83 Å². The van der Waals surface area contributed by atoms with E-state index in [0.717, 1.165) is 17.7 Å². The van der Waals surface area contributed by atoms with E-state index in [1.165, 1.54) is 16.7 Å². The first kappa shape index (κ1) is 14.1. The molecule has 2 heteroatoms. The Hall–Kier alpha value is -1.28. The van der Waals surface area contributed by atoms with Gasteiger partial charge >= 0.3 is 0 Å². The van der Waals surface area contributed by atoms with E-state index >= 15 is 0 Å². The van der Waals surface area contributed by atoms with Crippen molar-refractivity contribution in [1.82, 2.24) is 0 Å². The van der Waals surface area contributed by atoms with Gasteiger partial charge in [-0.1, -0.05) is 59.3 Å². The molecule has 1 nitrogen and oxygen atoms in total. The topological polar surface area (TPSA) is 9.23 Å². The van der Waals surface area contributed by atoms with Crippen LogP contribution in [0.5, 0.6) is 5.75 Å². The Balaban J connectivity index is 2.27. The van der Waals surface area contributed by atoms with Gasteiger partial charge in [-0.05, 0) is 41.7 Å². The molecule has 1 atom stereocenters. The first-order chi connectivity index (χ1) is 9.15. The first-order valence-corrected chi connectivity index (χ1v) is 7.44. The Morgan fingerprint density at radius 3 is 2.21 bits per heavy atom. The second-order valence-electron chi connectivity index (χ2n) is 4.69. The minimum absolute atomic E-state index is 0.225. The van der Waals surface area contributed by atoms with Crippen molar-refractivity contribution in [3.63, 3.8) is 0 Å². The molecule has 0 amide bonds. The number of alkyl halides is 1. The molecule has 0 aliphatic heterocycles. The standard InChI is InChI=1S/C17H19BrO/c1-4-13-5-7-14(8-6-13)17(18)15-9-10-16(19-3)12(2)11-15/h5-11,17H,4H2,1-3H3. The summed E-state index contributed by atoms with van der Waals surface area (Å²) in [6.45, 7) is 4.25. The molecule has 0 aliphatic rings. The molecule has 2 aromatic carbocycles. The number of hydrogen-bond acceptors (Lipinski definition) is 1. The van der Waals surface area contributed by atoms with Gasteiger partial charge in [0.1, 0.15) is 5.75 Å². The SMILES string of the molecule is CCc1ccc(C(Br)c2ccc(OC)c(C)c2)cc1. The molecule has 0 spiro atoms. The van der Waals surface area contributed by atoms with Crippen molar-refractivity contribution in [2.45, 2.75) is 25.1 Å². The number of methoxy groups -OCH3 is 1. The summed E-state index contributed by atoms with van der Waals surface area (Å²) in [5.74, 6) is 0.935. The number of halogens is 1. The molecule has 2 aromatic rings. The lowest BCUT2D eigenvalue weighted by molar-refractivity contribution is 0.411. The lowest BCUT2D eigenvalue weighted by Crippen LogP contribution is -1.95. The molecule has 0 aliphatic carbocycles. The number of ether oxygens (including phenoxy) is 1. The smallest absolute Gasteiger partial charge is 0.121 e. The van der Waals surface area contributed by atoms with Gasteiger partial charge in [0.2, 0.25) is 0 Å². The predicted octanol–water partition coefficient (Wildman–Crippen LogP) is 5.05. The Kier molecular flexibility index (Phi) is 4.65. The van der Waals surface area contributed by atoms with E-state index in [0.29, 0.717) is 0 Å². The molecule has 0 N–H and O–H groups in total. The van der Waals surface area contributed by atoms with Crippen LogP contribution in [0, 0.1) is 6.92 Å². The third kappa shape index (κ3) is 3.19. The van der Waals surface area contributed by atoms with E-state index in [1.807, 2.05) is 6.07 Å². The molecule has 0 aromatic heterocycles. The second-order valence-corrected chi connectivity index (χ2v) is 5.60. The van der Waals surface area contributed by atoms with Crippen LogP contribution >= 0.6 is 15.9 Å². The van der Waals surface area contributed by atoms with Crippen LogP contribution < -0.4 is 4.74 Å². The third-order valence-corrected chi connectivity index (χ3v) is 4.45. The van der Waals surface area contributed by atoms with E-state index in [9.17, 15) is 0 Å². The molecule has 0 fully saturated rings. The maximum absolute atomic E-state index is 5.30. The second kappa shape index (κ2) is 6.25. The molecule has 19 heavy (non-hydrogen) atoms. The number of aryl methyl sites for hydroxylation is 2. The van der Waals surface area contributed by atoms with Gasteiger partial charge in [-0.25, -0.2) is 0 Å². The maximum atomic E-state index is 5.30. The average molecular weight is 319 g/mol. The molecule has 0 radical (unpaired) electrons. The van der Waals surface area contributed by atoms with Gasteiger partial charge in [-0.3, -0.25) is 0 Å². The lowest BCUT2D eigenvalue weighted by atomic mass is 10.0. The van der Waals surface area contributed by atoms with Gasteiger partial charge in [0.05, 0.1) is 11.9 Å². The van der Waals surface area contributed by atoms with Gasteiger partial charge in [-0.15, -0.1) is 0 Å². The van der Waals surface area contributed by atoms with Crippen molar-refractivity contribution in [3.8, 4) is 5.75 Å². The van der Waals surface area contributed by atoms with Crippen LogP contribution in [-0.4, -0.2) is 7.11 Å². The van der Waals surface area contributed by atoms with Crippen LogP contribution in [0.2, 0.25) is 0 Å². The zero-order valence-corrected chi connectivity index (χ0v) is 13.2. The van der Waals surface area contributed by atoms with E-state index < -0.39 is 0 Å². The van der Waals surface area contributed by atoms with Gasteiger partial charge < -0.3 is 4.74 Å². The number of rotatable bonds is 4. The van der Waals surface area contributed by atoms with E-state index in [1.54, 1.807) is 7.11 Å². The summed E-state index contributed by atoms with van der Waals surface area (Å²) in [5.41, 5.74) is 5.06. The summed E-state index contributed by atoms with van der Waals surface area (Å²) in [6.07, 6.45) is 1.08. The van der Waals surface area contributed by atoms with Crippen molar-refractivity contribution in [2.75, 3.05) is 7.11 Å². The van der Waals surface area contributed by atoms with Gasteiger partial charge in [0, 0.05) is 0 Å². The number of benzene rings is 2. The molecule has 1 unspecified atom stereocenters. The van der Waals surface area contributed by atoms with Crippen LogP contribution in [0.3, 0.4) is 0 Å². The normalized spacial score (nSPS) is 12.2. The van der Waals surface area contributed by atoms with Crippen LogP contribution in [0.15, 0.2) is 42.5 Å². The van der Waals surface area contributed by atoms with Gasteiger partial charge in [0.15, 0.2) is 0 Å². The van der Waals surface area contributed by atoms with Crippen molar-refractivity contribution in [1.29, 1.82) is 0 Å². The highest BCUT2D eigenvalue weighted by molar-refractivity contribution is 9.09. The summed E-state index contributed by atoms with van der Waals surface area (Å²) in [7, 11) is 1.71. The predicted molar refractivity (Wildman–Crippen MR) is 84.3 cm³/mol. The van der Waals surface area contributed by atoms with Crippen LogP contribution in [0.4, 0.5) is 0 Å². The molecule has 0 bridgehead atoms. The van der Waals surface area contributed by atoms with Crippen molar-refractivity contribution >= 4 is 15.9 Å². The summed E-state index contributed by atoms with van der Waals surface area (Å²) in [4.78, 5) is 0.225. The molecule has 2 rings (SSSR count).